The predicted molar refractivity (Wildman–Crippen MR) is 69.9 cm³/mol. The molecule has 0 aliphatic rings. The Morgan fingerprint density at radius 1 is 1.29 bits per heavy atom. The van der Waals surface area contributed by atoms with Crippen LogP contribution in [0.15, 0.2) is 34.9 Å². The monoisotopic (exact) mass is 293 g/mol. The summed E-state index contributed by atoms with van der Waals surface area (Å²) in [5, 5.41) is 9.16. The van der Waals surface area contributed by atoms with Gasteiger partial charge in [0.2, 0.25) is 0 Å². The molecule has 0 atom stereocenters. The molecule has 0 bridgehead atoms. The molecule has 0 spiro atoms. The zero-order chi connectivity index (χ0) is 12.6. The highest BCUT2D eigenvalue weighted by Crippen LogP contribution is 2.23. The number of hydrogen-bond donors (Lipinski definition) is 1. The van der Waals surface area contributed by atoms with Gasteiger partial charge in [0, 0.05) is 16.4 Å². The first kappa shape index (κ1) is 11.9. The molecule has 3 nitrogen and oxygen atoms in total. The first-order chi connectivity index (χ1) is 7.99. The summed E-state index contributed by atoms with van der Waals surface area (Å²) < 4.78 is 2.45. The third-order valence-electron chi connectivity index (χ3n) is 2.63. The molecule has 1 aromatic heterocycles. The van der Waals surface area contributed by atoms with Crippen LogP contribution in [0, 0.1) is 13.8 Å². The van der Waals surface area contributed by atoms with E-state index in [1.807, 2.05) is 32.0 Å². The Bertz CT molecular complexity index is 587. The van der Waals surface area contributed by atoms with Crippen LogP contribution in [0.1, 0.15) is 21.6 Å². The Labute approximate surface area is 108 Å². The maximum absolute atomic E-state index is 11.2. The molecule has 2 rings (SSSR count). The summed E-state index contributed by atoms with van der Waals surface area (Å²) in [5.74, 6) is -0.934. The SMILES string of the molecule is Cc1ccc(C)c(-n2cc(Br)cc2C(=O)O)c1. The molecule has 1 N–H and O–H groups in total. The molecule has 0 aliphatic carbocycles. The summed E-state index contributed by atoms with van der Waals surface area (Å²) >= 11 is 3.31. The highest BCUT2D eigenvalue weighted by atomic mass is 79.9. The maximum Gasteiger partial charge on any atom is 0.352 e. The molecule has 1 aromatic carbocycles. The van der Waals surface area contributed by atoms with Crippen LogP contribution in [0.2, 0.25) is 0 Å². The zero-order valence-corrected chi connectivity index (χ0v) is 11.2. The summed E-state index contributed by atoms with van der Waals surface area (Å²) in [6.45, 7) is 3.95. The van der Waals surface area contributed by atoms with Gasteiger partial charge in [-0.2, -0.15) is 0 Å². The van der Waals surface area contributed by atoms with E-state index in [0.29, 0.717) is 0 Å². The standard InChI is InChI=1S/C13H12BrNO2/c1-8-3-4-9(2)11(5-8)15-7-10(14)6-12(15)13(16)17/h3-7H,1-2H3,(H,16,17). The predicted octanol–water partition coefficient (Wildman–Crippen LogP) is 3.55. The Morgan fingerprint density at radius 3 is 2.65 bits per heavy atom. The number of carbonyl (C=O) groups is 1. The number of carboxylic acid groups (broad SMARTS) is 1. The number of aryl methyl sites for hydroxylation is 2. The summed E-state index contributed by atoms with van der Waals surface area (Å²) in [6.07, 6.45) is 1.77. The van der Waals surface area contributed by atoms with Crippen molar-refractivity contribution in [2.45, 2.75) is 13.8 Å². The first-order valence-electron chi connectivity index (χ1n) is 5.18. The smallest absolute Gasteiger partial charge is 0.352 e. The lowest BCUT2D eigenvalue weighted by atomic mass is 10.1. The van der Waals surface area contributed by atoms with E-state index in [9.17, 15) is 4.79 Å². The fraction of sp³-hybridized carbons (Fsp3) is 0.154. The van der Waals surface area contributed by atoms with Gasteiger partial charge in [0.25, 0.3) is 0 Å². The molecule has 17 heavy (non-hydrogen) atoms. The van der Waals surface area contributed by atoms with Crippen LogP contribution in [0.25, 0.3) is 5.69 Å². The van der Waals surface area contributed by atoms with E-state index in [1.165, 1.54) is 0 Å². The van der Waals surface area contributed by atoms with Crippen LogP contribution < -0.4 is 0 Å². The van der Waals surface area contributed by atoms with E-state index in [4.69, 9.17) is 5.11 Å². The van der Waals surface area contributed by atoms with Gasteiger partial charge in [-0.25, -0.2) is 4.79 Å². The summed E-state index contributed by atoms with van der Waals surface area (Å²) in [6, 6.07) is 7.58. The topological polar surface area (TPSA) is 42.2 Å². The van der Waals surface area contributed by atoms with Crippen molar-refractivity contribution < 1.29 is 9.90 Å². The Kier molecular flexibility index (Phi) is 3.07. The molecule has 0 radical (unpaired) electrons. The molecule has 1 heterocycles. The van der Waals surface area contributed by atoms with E-state index < -0.39 is 5.97 Å². The van der Waals surface area contributed by atoms with Gasteiger partial charge < -0.3 is 9.67 Å². The van der Waals surface area contributed by atoms with Crippen molar-refractivity contribution in [3.63, 3.8) is 0 Å². The van der Waals surface area contributed by atoms with Crippen LogP contribution in [0.5, 0.6) is 0 Å². The second-order valence-corrected chi connectivity index (χ2v) is 4.92. The molecule has 4 heteroatoms. The summed E-state index contributed by atoms with van der Waals surface area (Å²) in [7, 11) is 0. The van der Waals surface area contributed by atoms with Crippen molar-refractivity contribution in [3.8, 4) is 5.69 Å². The number of halogens is 1. The minimum Gasteiger partial charge on any atom is -0.477 e. The van der Waals surface area contributed by atoms with Gasteiger partial charge in [0.1, 0.15) is 5.69 Å². The molecule has 0 fully saturated rings. The lowest BCUT2D eigenvalue weighted by Crippen LogP contribution is -2.07. The van der Waals surface area contributed by atoms with Gasteiger partial charge in [-0.3, -0.25) is 0 Å². The van der Waals surface area contributed by atoms with Crippen LogP contribution in [-0.4, -0.2) is 15.6 Å². The van der Waals surface area contributed by atoms with Crippen molar-refractivity contribution in [2.24, 2.45) is 0 Å². The van der Waals surface area contributed by atoms with Gasteiger partial charge in [0.15, 0.2) is 0 Å². The van der Waals surface area contributed by atoms with Gasteiger partial charge in [0.05, 0.1) is 0 Å². The van der Waals surface area contributed by atoms with Crippen molar-refractivity contribution in [1.29, 1.82) is 0 Å². The molecule has 0 aliphatic heterocycles. The highest BCUT2D eigenvalue weighted by Gasteiger charge is 2.14. The van der Waals surface area contributed by atoms with Gasteiger partial charge >= 0.3 is 5.97 Å². The number of hydrogen-bond acceptors (Lipinski definition) is 1. The number of nitrogens with zero attached hydrogens (tertiary/aromatic N) is 1. The first-order valence-corrected chi connectivity index (χ1v) is 5.97. The van der Waals surface area contributed by atoms with E-state index in [1.54, 1.807) is 16.8 Å². The third kappa shape index (κ3) is 2.26. The van der Waals surface area contributed by atoms with Gasteiger partial charge in [-0.15, -0.1) is 0 Å². The van der Waals surface area contributed by atoms with Gasteiger partial charge in [-0.1, -0.05) is 12.1 Å². The largest absolute Gasteiger partial charge is 0.477 e. The van der Waals surface area contributed by atoms with Crippen molar-refractivity contribution in [3.05, 3.63) is 51.8 Å². The second-order valence-electron chi connectivity index (χ2n) is 4.01. The minimum absolute atomic E-state index is 0.255. The third-order valence-corrected chi connectivity index (χ3v) is 3.06. The second kappa shape index (κ2) is 4.37. The number of aromatic carboxylic acids is 1. The lowest BCUT2D eigenvalue weighted by Gasteiger charge is -2.10. The Hall–Kier alpha value is -1.55. The molecule has 88 valence electrons. The summed E-state index contributed by atoms with van der Waals surface area (Å²) in [4.78, 5) is 11.2. The Balaban J connectivity index is 2.67. The summed E-state index contributed by atoms with van der Waals surface area (Å²) in [5.41, 5.74) is 3.30. The number of rotatable bonds is 2. The zero-order valence-electron chi connectivity index (χ0n) is 9.57. The molecule has 0 amide bonds. The highest BCUT2D eigenvalue weighted by molar-refractivity contribution is 9.10. The van der Waals surface area contributed by atoms with Crippen LogP contribution in [0.4, 0.5) is 0 Å². The molecule has 0 saturated heterocycles. The Morgan fingerprint density at radius 2 is 2.00 bits per heavy atom. The number of benzene rings is 1. The normalized spacial score (nSPS) is 10.5. The minimum atomic E-state index is -0.934. The van der Waals surface area contributed by atoms with Crippen molar-refractivity contribution in [1.82, 2.24) is 4.57 Å². The number of carboxylic acids is 1. The quantitative estimate of drug-likeness (QED) is 0.920. The fourth-order valence-corrected chi connectivity index (χ4v) is 2.19. The molecule has 0 unspecified atom stereocenters. The van der Waals surface area contributed by atoms with Crippen LogP contribution >= 0.6 is 15.9 Å². The van der Waals surface area contributed by atoms with Gasteiger partial charge in [-0.05, 0) is 53.0 Å². The number of aromatic nitrogens is 1. The average Bonchev–Trinajstić information content (AvgIpc) is 2.64. The molecule has 0 saturated carbocycles. The van der Waals surface area contributed by atoms with Crippen LogP contribution in [-0.2, 0) is 0 Å². The van der Waals surface area contributed by atoms with Crippen molar-refractivity contribution >= 4 is 21.9 Å². The lowest BCUT2D eigenvalue weighted by molar-refractivity contribution is 0.0688. The molecule has 2 aromatic rings. The van der Waals surface area contributed by atoms with E-state index in [-0.39, 0.29) is 5.69 Å². The molecular formula is C13H12BrNO2. The average molecular weight is 294 g/mol. The fourth-order valence-electron chi connectivity index (χ4n) is 1.77. The maximum atomic E-state index is 11.2. The molecular weight excluding hydrogens is 282 g/mol. The van der Waals surface area contributed by atoms with E-state index in [0.717, 1.165) is 21.3 Å². The van der Waals surface area contributed by atoms with Crippen LogP contribution in [0.3, 0.4) is 0 Å². The van der Waals surface area contributed by atoms with Crippen molar-refractivity contribution in [2.75, 3.05) is 0 Å². The van der Waals surface area contributed by atoms with E-state index in [2.05, 4.69) is 15.9 Å². The van der Waals surface area contributed by atoms with E-state index >= 15 is 0 Å².